The molecular formula is C20H30O8. The number of aliphatic hydroxyl groups is 2. The van der Waals surface area contributed by atoms with Gasteiger partial charge in [-0.1, -0.05) is 6.07 Å². The van der Waals surface area contributed by atoms with E-state index in [1.807, 2.05) is 0 Å². The molecule has 0 saturated heterocycles. The zero-order valence-corrected chi connectivity index (χ0v) is 16.1. The van der Waals surface area contributed by atoms with E-state index in [0.717, 1.165) is 6.42 Å². The van der Waals surface area contributed by atoms with Gasteiger partial charge in [-0.05, 0) is 55.7 Å². The smallest absolute Gasteiger partial charge is 0.336 e. The lowest BCUT2D eigenvalue weighted by molar-refractivity contribution is 0.0691. The number of carboxylic acids is 2. The Morgan fingerprint density at radius 3 is 1.82 bits per heavy atom. The van der Waals surface area contributed by atoms with Crippen LogP contribution in [0, 0.1) is 0 Å². The zero-order valence-electron chi connectivity index (χ0n) is 16.1. The number of hydrogen-bond acceptors (Lipinski definition) is 6. The zero-order chi connectivity index (χ0) is 20.8. The van der Waals surface area contributed by atoms with Gasteiger partial charge in [-0.2, -0.15) is 0 Å². The summed E-state index contributed by atoms with van der Waals surface area (Å²) < 4.78 is 10.9. The molecule has 0 aliphatic heterocycles. The Morgan fingerprint density at radius 1 is 0.750 bits per heavy atom. The first kappa shape index (κ1) is 24.0. The molecule has 28 heavy (non-hydrogen) atoms. The highest BCUT2D eigenvalue weighted by Crippen LogP contribution is 2.22. The van der Waals surface area contributed by atoms with E-state index < -0.39 is 11.9 Å². The van der Waals surface area contributed by atoms with Gasteiger partial charge in [0.2, 0.25) is 0 Å². The van der Waals surface area contributed by atoms with Crippen LogP contribution in [-0.4, -0.2) is 72.0 Å². The predicted octanol–water partition coefficient (Wildman–Crippen LogP) is 1.75. The van der Waals surface area contributed by atoms with Gasteiger partial charge in [0.25, 0.3) is 0 Å². The molecule has 0 unspecified atom stereocenters. The number of rotatable bonds is 16. The van der Waals surface area contributed by atoms with Gasteiger partial charge in [-0.3, -0.25) is 0 Å². The average Bonchev–Trinajstić information content (AvgIpc) is 2.66. The molecule has 158 valence electrons. The monoisotopic (exact) mass is 398 g/mol. The summed E-state index contributed by atoms with van der Waals surface area (Å²) in [4.78, 5) is 23.4. The number of carboxylic acid groups (broad SMARTS) is 2. The van der Waals surface area contributed by atoms with Crippen LogP contribution in [0.2, 0.25) is 0 Å². The molecule has 8 heteroatoms. The Morgan fingerprint density at radius 2 is 1.32 bits per heavy atom. The van der Waals surface area contributed by atoms with Gasteiger partial charge in [0, 0.05) is 26.4 Å². The Labute approximate surface area is 164 Å². The molecule has 0 radical (unpaired) electrons. The molecule has 4 N–H and O–H groups in total. The number of aromatic carboxylic acids is 2. The molecule has 1 aromatic carbocycles. The largest absolute Gasteiger partial charge is 0.478 e. The molecule has 0 aliphatic carbocycles. The third-order valence-electron chi connectivity index (χ3n) is 4.25. The lowest BCUT2D eigenvalue weighted by Crippen LogP contribution is -2.16. The van der Waals surface area contributed by atoms with E-state index in [9.17, 15) is 19.8 Å². The van der Waals surface area contributed by atoms with Gasteiger partial charge >= 0.3 is 11.9 Å². The second-order valence-corrected chi connectivity index (χ2v) is 6.32. The number of unbranched alkanes of at least 4 members (excludes halogenated alkanes) is 2. The lowest BCUT2D eigenvalue weighted by Gasteiger charge is -2.15. The molecular weight excluding hydrogens is 368 g/mol. The van der Waals surface area contributed by atoms with Crippen LogP contribution in [0.4, 0.5) is 0 Å². The van der Waals surface area contributed by atoms with Gasteiger partial charge in [0.05, 0.1) is 24.3 Å². The highest BCUT2D eigenvalue weighted by Gasteiger charge is 2.22. The first-order valence-electron chi connectivity index (χ1n) is 9.51. The number of ether oxygens (including phenoxy) is 2. The molecule has 1 aromatic rings. The first-order valence-corrected chi connectivity index (χ1v) is 9.51. The van der Waals surface area contributed by atoms with Crippen molar-refractivity contribution in [3.63, 3.8) is 0 Å². The minimum atomic E-state index is -1.18. The summed E-state index contributed by atoms with van der Waals surface area (Å²) in [6.45, 7) is 1.61. The van der Waals surface area contributed by atoms with Crippen LogP contribution in [-0.2, 0) is 22.3 Å². The maximum Gasteiger partial charge on any atom is 0.336 e. The van der Waals surface area contributed by atoms with E-state index in [1.54, 1.807) is 0 Å². The summed E-state index contributed by atoms with van der Waals surface area (Å²) in [5, 5.41) is 36.6. The second kappa shape index (κ2) is 14.1. The Hall–Kier alpha value is -2.00. The summed E-state index contributed by atoms with van der Waals surface area (Å²) in [7, 11) is 0. The van der Waals surface area contributed by atoms with Crippen LogP contribution in [0.1, 0.15) is 57.5 Å². The molecule has 0 spiro atoms. The molecule has 8 nitrogen and oxygen atoms in total. The summed E-state index contributed by atoms with van der Waals surface area (Å²) in [6, 6.07) is 2.95. The van der Waals surface area contributed by atoms with E-state index in [4.69, 9.17) is 19.7 Å². The SMILES string of the molecule is O=C(O)c1ccc(CCOCCCCO)c(C(=O)O)c1CCOCCCCO. The van der Waals surface area contributed by atoms with Crippen molar-refractivity contribution in [2.75, 3.05) is 39.6 Å². The van der Waals surface area contributed by atoms with Gasteiger partial charge in [-0.25, -0.2) is 9.59 Å². The Bertz CT molecular complexity index is 614. The van der Waals surface area contributed by atoms with Crippen LogP contribution in [0.25, 0.3) is 0 Å². The highest BCUT2D eigenvalue weighted by molar-refractivity contribution is 5.97. The van der Waals surface area contributed by atoms with Crippen molar-refractivity contribution in [3.8, 4) is 0 Å². The molecule has 0 saturated carbocycles. The Balaban J connectivity index is 2.84. The summed E-state index contributed by atoms with van der Waals surface area (Å²) >= 11 is 0. The average molecular weight is 398 g/mol. The van der Waals surface area contributed by atoms with E-state index in [0.29, 0.717) is 51.1 Å². The van der Waals surface area contributed by atoms with Crippen LogP contribution in [0.3, 0.4) is 0 Å². The van der Waals surface area contributed by atoms with Crippen molar-refractivity contribution in [2.24, 2.45) is 0 Å². The molecule has 0 aliphatic rings. The third-order valence-corrected chi connectivity index (χ3v) is 4.25. The third kappa shape index (κ3) is 8.35. The van der Waals surface area contributed by atoms with Crippen LogP contribution >= 0.6 is 0 Å². The van der Waals surface area contributed by atoms with Crippen LogP contribution < -0.4 is 0 Å². The molecule has 0 heterocycles. The summed E-state index contributed by atoms with van der Waals surface area (Å²) in [5.74, 6) is -2.35. The number of carbonyl (C=O) groups is 2. The number of aliphatic hydroxyl groups excluding tert-OH is 2. The number of hydrogen-bond donors (Lipinski definition) is 4. The maximum atomic E-state index is 11.8. The second-order valence-electron chi connectivity index (χ2n) is 6.32. The molecule has 0 bridgehead atoms. The highest BCUT2D eigenvalue weighted by atomic mass is 16.5. The summed E-state index contributed by atoms with van der Waals surface area (Å²) in [5.41, 5.74) is 0.733. The minimum Gasteiger partial charge on any atom is -0.478 e. The molecule has 0 amide bonds. The van der Waals surface area contributed by atoms with E-state index >= 15 is 0 Å². The fourth-order valence-electron chi connectivity index (χ4n) is 2.82. The van der Waals surface area contributed by atoms with Crippen LogP contribution in [0.5, 0.6) is 0 Å². The van der Waals surface area contributed by atoms with Crippen molar-refractivity contribution in [1.29, 1.82) is 0 Å². The predicted molar refractivity (Wildman–Crippen MR) is 102 cm³/mol. The van der Waals surface area contributed by atoms with Crippen molar-refractivity contribution in [1.82, 2.24) is 0 Å². The standard InChI is InChI=1S/C20H30O8/c21-9-1-3-11-27-13-7-15-5-6-17(19(23)24)16(18(15)20(25)26)8-14-28-12-4-2-10-22/h5-6,21-22H,1-4,7-14H2,(H,23,24)(H,25,26). The van der Waals surface area contributed by atoms with Gasteiger partial charge in [-0.15, -0.1) is 0 Å². The van der Waals surface area contributed by atoms with E-state index in [2.05, 4.69) is 0 Å². The molecule has 0 fully saturated rings. The first-order chi connectivity index (χ1) is 13.5. The quantitative estimate of drug-likeness (QED) is 0.310. The fourth-order valence-corrected chi connectivity index (χ4v) is 2.82. The topological polar surface area (TPSA) is 134 Å². The van der Waals surface area contributed by atoms with Crippen LogP contribution in [0.15, 0.2) is 12.1 Å². The molecule has 0 aromatic heterocycles. The van der Waals surface area contributed by atoms with Gasteiger partial charge in [0.15, 0.2) is 0 Å². The van der Waals surface area contributed by atoms with Gasteiger partial charge in [0.1, 0.15) is 0 Å². The van der Waals surface area contributed by atoms with Gasteiger partial charge < -0.3 is 29.9 Å². The summed E-state index contributed by atoms with van der Waals surface area (Å²) in [6.07, 6.45) is 3.20. The normalized spacial score (nSPS) is 10.9. The van der Waals surface area contributed by atoms with E-state index in [1.165, 1.54) is 12.1 Å². The van der Waals surface area contributed by atoms with Crippen molar-refractivity contribution in [2.45, 2.75) is 38.5 Å². The minimum absolute atomic E-state index is 0.00202. The van der Waals surface area contributed by atoms with Crippen molar-refractivity contribution >= 4 is 11.9 Å². The number of benzene rings is 1. The Kier molecular flexibility index (Phi) is 12.1. The van der Waals surface area contributed by atoms with E-state index in [-0.39, 0.29) is 42.9 Å². The van der Waals surface area contributed by atoms with Crippen molar-refractivity contribution in [3.05, 3.63) is 34.4 Å². The maximum absolute atomic E-state index is 11.8. The fraction of sp³-hybridized carbons (Fsp3) is 0.600. The van der Waals surface area contributed by atoms with Crippen molar-refractivity contribution < 1.29 is 39.5 Å². The molecule has 1 rings (SSSR count). The molecule has 0 atom stereocenters. The lowest BCUT2D eigenvalue weighted by atomic mass is 9.92.